The summed E-state index contributed by atoms with van der Waals surface area (Å²) in [6.45, 7) is 22.1. The summed E-state index contributed by atoms with van der Waals surface area (Å²) in [5.41, 5.74) is 5.20. The van der Waals surface area contributed by atoms with Crippen molar-refractivity contribution in [1.29, 1.82) is 0 Å². The zero-order chi connectivity index (χ0) is 33.9. The summed E-state index contributed by atoms with van der Waals surface area (Å²) in [5.74, 6) is 0.170. The Morgan fingerprint density at radius 1 is 0.532 bits per heavy atom. The number of carbonyl (C=O) groups is 2. The molecule has 2 aliphatic heterocycles. The minimum atomic E-state index is 0.0848. The molecule has 2 fully saturated rings. The van der Waals surface area contributed by atoms with Crippen LogP contribution in [-0.2, 0) is 20.4 Å². The first-order valence-corrected chi connectivity index (χ1v) is 17.3. The fourth-order valence-electron chi connectivity index (χ4n) is 5.91. The summed E-state index contributed by atoms with van der Waals surface area (Å²) >= 11 is 0. The third kappa shape index (κ3) is 11.8. The molecule has 0 bridgehead atoms. The molecule has 2 amide bonds. The maximum atomic E-state index is 12.7. The van der Waals surface area contributed by atoms with Crippen molar-refractivity contribution in [3.8, 4) is 0 Å². The number of piperazine rings is 2. The molecule has 2 heterocycles. The molecule has 0 N–H and O–H groups in total. The van der Waals surface area contributed by atoms with Gasteiger partial charge in [0.1, 0.15) is 0 Å². The first kappa shape index (κ1) is 36.1. The Morgan fingerprint density at radius 2 is 0.872 bits per heavy atom. The first-order valence-electron chi connectivity index (χ1n) is 17.3. The van der Waals surface area contributed by atoms with Gasteiger partial charge in [0.2, 0.25) is 11.8 Å². The third-order valence-electron chi connectivity index (χ3n) is 9.15. The molecule has 0 spiro atoms. The second-order valence-electron chi connectivity index (χ2n) is 14.9. The van der Waals surface area contributed by atoms with Crippen LogP contribution in [0.3, 0.4) is 0 Å². The SMILES string of the molecule is CC(C)(C)c1ccc(C=CC=CC(=O)N2CCN(CCCN3CCN(C(=O)C=CC=Cc4ccc(C(C)(C)C)cc4)CC3)CC2)cc1. The zero-order valence-corrected chi connectivity index (χ0v) is 29.6. The number of amides is 2. The van der Waals surface area contributed by atoms with Gasteiger partial charge in [-0.15, -0.1) is 0 Å². The molecule has 2 aromatic carbocycles. The quantitative estimate of drug-likeness (QED) is 0.213. The number of hydrogen-bond donors (Lipinski definition) is 0. The summed E-state index contributed by atoms with van der Waals surface area (Å²) in [5, 5.41) is 0. The third-order valence-corrected chi connectivity index (χ3v) is 9.15. The van der Waals surface area contributed by atoms with E-state index in [1.165, 1.54) is 11.1 Å². The van der Waals surface area contributed by atoms with Gasteiger partial charge in [0, 0.05) is 64.5 Å². The highest BCUT2D eigenvalue weighted by atomic mass is 16.2. The second kappa shape index (κ2) is 16.9. The largest absolute Gasteiger partial charge is 0.337 e. The van der Waals surface area contributed by atoms with Crippen LogP contribution in [0.15, 0.2) is 85.0 Å². The Morgan fingerprint density at radius 3 is 1.19 bits per heavy atom. The molecule has 0 saturated carbocycles. The smallest absolute Gasteiger partial charge is 0.246 e. The van der Waals surface area contributed by atoms with Gasteiger partial charge in [-0.1, -0.05) is 127 Å². The lowest BCUT2D eigenvalue weighted by molar-refractivity contribution is -0.128. The number of benzene rings is 2. The average Bonchev–Trinajstić information content (AvgIpc) is 3.05. The molecule has 4 rings (SSSR count). The number of rotatable bonds is 10. The van der Waals surface area contributed by atoms with E-state index in [1.807, 2.05) is 46.3 Å². The Kier molecular flexibility index (Phi) is 13.0. The Hall–Kier alpha value is -3.74. The number of allylic oxidation sites excluding steroid dienone is 4. The van der Waals surface area contributed by atoms with Crippen LogP contribution < -0.4 is 0 Å². The number of hydrogen-bond acceptors (Lipinski definition) is 4. The van der Waals surface area contributed by atoms with Crippen LogP contribution >= 0.6 is 0 Å². The van der Waals surface area contributed by atoms with E-state index in [1.54, 1.807) is 12.2 Å². The summed E-state index contributed by atoms with van der Waals surface area (Å²) in [4.78, 5) is 34.2. The molecule has 0 aliphatic carbocycles. The van der Waals surface area contributed by atoms with Crippen molar-refractivity contribution in [3.05, 3.63) is 107 Å². The number of carbonyl (C=O) groups excluding carboxylic acids is 2. The van der Waals surface area contributed by atoms with E-state index in [2.05, 4.69) is 99.9 Å². The van der Waals surface area contributed by atoms with Gasteiger partial charge in [-0.25, -0.2) is 0 Å². The summed E-state index contributed by atoms with van der Waals surface area (Å²) < 4.78 is 0. The Labute approximate surface area is 284 Å². The molecule has 2 aliphatic rings. The van der Waals surface area contributed by atoms with Crippen LogP contribution in [0.5, 0.6) is 0 Å². The molecule has 252 valence electrons. The highest BCUT2D eigenvalue weighted by molar-refractivity contribution is 5.88. The van der Waals surface area contributed by atoms with Crippen molar-refractivity contribution in [2.45, 2.75) is 58.8 Å². The molecule has 6 heteroatoms. The standard InChI is InChI=1S/C41H56N4O2/c1-40(2,3)36-20-16-34(17-21-36)12-7-9-14-38(46)44-30-26-42(27-31-44)24-11-25-43-28-32-45(33-29-43)39(47)15-10-8-13-35-18-22-37(23-19-35)41(4,5)6/h7-10,12-23H,11,24-33H2,1-6H3. The zero-order valence-electron chi connectivity index (χ0n) is 29.6. The van der Waals surface area contributed by atoms with Gasteiger partial charge in [-0.3, -0.25) is 19.4 Å². The maximum Gasteiger partial charge on any atom is 0.246 e. The fraction of sp³-hybridized carbons (Fsp3) is 0.463. The fourth-order valence-corrected chi connectivity index (χ4v) is 5.91. The molecule has 0 aromatic heterocycles. The lowest BCUT2D eigenvalue weighted by atomic mass is 9.87. The van der Waals surface area contributed by atoms with Gasteiger partial charge >= 0.3 is 0 Å². The van der Waals surface area contributed by atoms with Gasteiger partial charge in [-0.05, 0) is 52.6 Å². The van der Waals surface area contributed by atoms with Crippen LogP contribution in [0.1, 0.15) is 70.2 Å². The van der Waals surface area contributed by atoms with E-state index in [0.29, 0.717) is 0 Å². The van der Waals surface area contributed by atoms with Crippen molar-refractivity contribution in [3.63, 3.8) is 0 Å². The predicted molar refractivity (Wildman–Crippen MR) is 197 cm³/mol. The highest BCUT2D eigenvalue weighted by Crippen LogP contribution is 2.23. The summed E-state index contributed by atoms with van der Waals surface area (Å²) in [6.07, 6.45) is 16.1. The molecular formula is C41H56N4O2. The minimum Gasteiger partial charge on any atom is -0.337 e. The first-order chi connectivity index (χ1) is 22.4. The lowest BCUT2D eigenvalue weighted by Gasteiger charge is -2.36. The van der Waals surface area contributed by atoms with Gasteiger partial charge < -0.3 is 9.80 Å². The van der Waals surface area contributed by atoms with E-state index in [9.17, 15) is 9.59 Å². The van der Waals surface area contributed by atoms with Crippen LogP contribution in [0.2, 0.25) is 0 Å². The van der Waals surface area contributed by atoms with Crippen molar-refractivity contribution < 1.29 is 9.59 Å². The predicted octanol–water partition coefficient (Wildman–Crippen LogP) is 6.80. The van der Waals surface area contributed by atoms with E-state index in [4.69, 9.17) is 0 Å². The van der Waals surface area contributed by atoms with E-state index < -0.39 is 0 Å². The van der Waals surface area contributed by atoms with Crippen molar-refractivity contribution in [2.24, 2.45) is 0 Å². The van der Waals surface area contributed by atoms with Crippen LogP contribution in [-0.4, -0.2) is 96.9 Å². The van der Waals surface area contributed by atoms with Crippen molar-refractivity contribution in [2.75, 3.05) is 65.4 Å². The van der Waals surface area contributed by atoms with E-state index >= 15 is 0 Å². The van der Waals surface area contributed by atoms with Crippen molar-refractivity contribution >= 4 is 24.0 Å². The second-order valence-corrected chi connectivity index (χ2v) is 14.9. The normalized spacial score (nSPS) is 17.6. The van der Waals surface area contributed by atoms with Gasteiger partial charge in [0.05, 0.1) is 0 Å². The Bertz CT molecular complexity index is 1300. The summed E-state index contributed by atoms with van der Waals surface area (Å²) in [7, 11) is 0. The molecule has 2 saturated heterocycles. The van der Waals surface area contributed by atoms with Gasteiger partial charge in [0.15, 0.2) is 0 Å². The lowest BCUT2D eigenvalue weighted by Crippen LogP contribution is -2.50. The molecule has 0 unspecified atom stereocenters. The van der Waals surface area contributed by atoms with Crippen LogP contribution in [0, 0.1) is 0 Å². The molecule has 2 aromatic rings. The van der Waals surface area contributed by atoms with Crippen LogP contribution in [0.25, 0.3) is 12.2 Å². The average molecular weight is 637 g/mol. The van der Waals surface area contributed by atoms with Crippen LogP contribution in [0.4, 0.5) is 0 Å². The van der Waals surface area contributed by atoms with Crippen molar-refractivity contribution in [1.82, 2.24) is 19.6 Å². The summed E-state index contributed by atoms with van der Waals surface area (Å²) in [6, 6.07) is 17.2. The highest BCUT2D eigenvalue weighted by Gasteiger charge is 2.21. The minimum absolute atomic E-state index is 0.0848. The molecule has 6 nitrogen and oxygen atoms in total. The molecular weight excluding hydrogens is 580 g/mol. The molecule has 0 radical (unpaired) electrons. The van der Waals surface area contributed by atoms with Gasteiger partial charge in [0.25, 0.3) is 0 Å². The Balaban J connectivity index is 1.07. The van der Waals surface area contributed by atoms with E-state index in [-0.39, 0.29) is 22.6 Å². The van der Waals surface area contributed by atoms with Gasteiger partial charge in [-0.2, -0.15) is 0 Å². The molecule has 47 heavy (non-hydrogen) atoms. The van der Waals surface area contributed by atoms with E-state index in [0.717, 1.165) is 83.0 Å². The number of nitrogens with zero attached hydrogens (tertiary/aromatic N) is 4. The molecule has 0 atom stereocenters. The monoisotopic (exact) mass is 636 g/mol. The maximum absolute atomic E-state index is 12.7. The topological polar surface area (TPSA) is 47.1 Å².